The van der Waals surface area contributed by atoms with E-state index in [1.165, 1.54) is 60.5 Å². The second kappa shape index (κ2) is 32.8. The Kier molecular flexibility index (Phi) is 22.1. The van der Waals surface area contributed by atoms with Crippen molar-refractivity contribution in [1.82, 2.24) is 24.9 Å². The maximum atomic E-state index is 6.82. The van der Waals surface area contributed by atoms with Crippen LogP contribution in [0.2, 0.25) is 25.5 Å². The summed E-state index contributed by atoms with van der Waals surface area (Å²) < 4.78 is 24.0. The first-order valence-corrected chi connectivity index (χ1v) is 42.7. The van der Waals surface area contributed by atoms with Crippen LogP contribution in [0.1, 0.15) is 0 Å². The van der Waals surface area contributed by atoms with Gasteiger partial charge in [0.15, 0.2) is 23.1 Å². The average molecular weight is 1920 g/mol. The second-order valence-electron chi connectivity index (χ2n) is 25.4. The number of aromatic nitrogens is 5. The van der Waals surface area contributed by atoms with Gasteiger partial charge in [0.1, 0.15) is 21.9 Å². The summed E-state index contributed by atoms with van der Waals surface area (Å²) in [6.07, 6.45) is 0. The maximum absolute atomic E-state index is 6.82. The van der Waals surface area contributed by atoms with Gasteiger partial charge in [0.2, 0.25) is 5.28 Å². The number of para-hydroxylation sites is 2. The molecule has 0 amide bonds. The van der Waals surface area contributed by atoms with Crippen LogP contribution in [-0.4, -0.2) is 24.9 Å². The minimum atomic E-state index is 0.180. The van der Waals surface area contributed by atoms with Crippen LogP contribution in [0.5, 0.6) is 0 Å². The summed E-state index contributed by atoms with van der Waals surface area (Å²) in [5.74, 6) is 1.74. The van der Waals surface area contributed by atoms with Gasteiger partial charge in [0.25, 0.3) is 0 Å². The lowest BCUT2D eigenvalue weighted by Gasteiger charge is -2.13. The zero-order chi connectivity index (χ0) is 76.0. The number of thiophene rings is 3. The van der Waals surface area contributed by atoms with Crippen LogP contribution >= 0.6 is 172 Å². The van der Waals surface area contributed by atoms with E-state index in [1.807, 2.05) is 164 Å². The van der Waals surface area contributed by atoms with Gasteiger partial charge in [-0.3, -0.25) is 0 Å². The van der Waals surface area contributed by atoms with Gasteiger partial charge in [0, 0.05) is 143 Å². The molecule has 538 valence electrons. The van der Waals surface area contributed by atoms with Gasteiger partial charge < -0.3 is 8.83 Å². The Bertz CT molecular complexity index is 7130. The predicted molar refractivity (Wildman–Crippen MR) is 491 cm³/mol. The van der Waals surface area contributed by atoms with Gasteiger partial charge in [-0.1, -0.05) is 285 Å². The zero-order valence-corrected chi connectivity index (χ0v) is 71.5. The van der Waals surface area contributed by atoms with E-state index in [0.29, 0.717) is 32.7 Å². The van der Waals surface area contributed by atoms with Gasteiger partial charge in [-0.2, -0.15) is 9.97 Å². The Morgan fingerprint density at radius 2 is 0.793 bits per heavy atom. The first-order chi connectivity index (χ1) is 54.1. The first kappa shape index (κ1) is 75.0. The van der Waals surface area contributed by atoms with E-state index in [-0.39, 0.29) is 5.28 Å². The Morgan fingerprint density at radius 1 is 0.279 bits per heavy atom. The van der Waals surface area contributed by atoms with Crippen molar-refractivity contribution in [2.75, 3.05) is 0 Å². The highest BCUT2D eigenvalue weighted by molar-refractivity contribution is 9.11. The van der Waals surface area contributed by atoms with Crippen molar-refractivity contribution in [3.63, 3.8) is 0 Å². The monoisotopic (exact) mass is 1910 g/mol. The van der Waals surface area contributed by atoms with E-state index >= 15 is 0 Å². The molecule has 21 rings (SSSR count). The fourth-order valence-electron chi connectivity index (χ4n) is 13.4. The second-order valence-corrected chi connectivity index (χ2v) is 34.7. The predicted octanol–water partition coefficient (Wildman–Crippen LogP) is 33.4. The number of benzene rings is 14. The number of nitrogens with zero attached hydrogens (tertiary/aromatic N) is 5. The highest BCUT2D eigenvalue weighted by Gasteiger charge is 2.21. The molecule has 0 saturated heterocycles. The molecule has 0 aliphatic heterocycles. The topological polar surface area (TPSA) is 90.7 Å². The SMILES string of the molecule is Clc1cc(Br)c2c(c1)oc1ccccc12.Clc1ccc(Br)c2c1oc1ccccc12.Clc1ccc2sc3ccccc3c2c1Br.Clc1nc(-c2ccc3c(c2)sc2cccc(Br)c23)nc(-c2ccccc2)c1-c1ccccc1.Clc1nc(-c2cccc(-c3ccccc3)c2)nc(-c2ccc3c(c2)sc2c(Br)cccc23)n1. The molecular formula is C91H49Br5Cl5N5O2S3. The lowest BCUT2D eigenvalue weighted by molar-refractivity contribution is 0.668. The number of hydrogen-bond donors (Lipinski definition) is 0. The summed E-state index contributed by atoms with van der Waals surface area (Å²) in [6.45, 7) is 0. The van der Waals surface area contributed by atoms with E-state index < -0.39 is 0 Å². The molecule has 0 bridgehead atoms. The lowest BCUT2D eigenvalue weighted by atomic mass is 10.0. The van der Waals surface area contributed by atoms with Gasteiger partial charge in [-0.05, 0) is 161 Å². The van der Waals surface area contributed by atoms with Gasteiger partial charge >= 0.3 is 0 Å². The van der Waals surface area contributed by atoms with Crippen LogP contribution in [-0.2, 0) is 0 Å². The molecule has 0 spiro atoms. The van der Waals surface area contributed by atoms with Gasteiger partial charge in [0.05, 0.1) is 15.7 Å². The Hall–Kier alpha value is -8.72. The number of rotatable bonds is 6. The third-order valence-electron chi connectivity index (χ3n) is 18.5. The quantitative estimate of drug-likeness (QED) is 0.153. The Morgan fingerprint density at radius 3 is 1.52 bits per heavy atom. The first-order valence-electron chi connectivity index (χ1n) is 34.4. The van der Waals surface area contributed by atoms with E-state index in [9.17, 15) is 0 Å². The summed E-state index contributed by atoms with van der Waals surface area (Å²) in [5, 5.41) is 14.4. The van der Waals surface area contributed by atoms with E-state index in [0.717, 1.165) is 121 Å². The molecule has 20 heteroatoms. The summed E-state index contributed by atoms with van der Waals surface area (Å²) in [5.41, 5.74) is 12.0. The smallest absolute Gasteiger partial charge is 0.226 e. The third kappa shape index (κ3) is 15.4. The normalized spacial score (nSPS) is 11.3. The molecule has 0 atom stereocenters. The van der Waals surface area contributed by atoms with E-state index in [1.54, 1.807) is 34.0 Å². The number of furan rings is 2. The van der Waals surface area contributed by atoms with Crippen molar-refractivity contribution >= 4 is 276 Å². The highest BCUT2D eigenvalue weighted by Crippen LogP contribution is 2.46. The van der Waals surface area contributed by atoms with Crippen LogP contribution in [0.25, 0.3) is 172 Å². The molecule has 0 saturated carbocycles. The van der Waals surface area contributed by atoms with Crippen molar-refractivity contribution in [3.05, 3.63) is 345 Å². The Balaban J connectivity index is 0.000000106. The largest absolute Gasteiger partial charge is 0.456 e. The number of fused-ring (bicyclic) bond motifs is 15. The number of halogens is 10. The minimum Gasteiger partial charge on any atom is -0.456 e. The average Bonchev–Trinajstić information content (AvgIpc) is 1.65. The van der Waals surface area contributed by atoms with Crippen LogP contribution in [0.15, 0.2) is 328 Å². The van der Waals surface area contributed by atoms with Crippen molar-refractivity contribution < 1.29 is 8.83 Å². The van der Waals surface area contributed by atoms with Gasteiger partial charge in [-0.25, -0.2) is 15.0 Å². The third-order valence-corrected chi connectivity index (χ3v) is 27.1. The van der Waals surface area contributed by atoms with Crippen molar-refractivity contribution in [2.45, 2.75) is 0 Å². The molecule has 14 aromatic carbocycles. The van der Waals surface area contributed by atoms with Crippen LogP contribution in [0.4, 0.5) is 0 Å². The fourth-order valence-corrected chi connectivity index (χ4v) is 21.2. The fraction of sp³-hybridized carbons (Fsp3) is 0. The summed E-state index contributed by atoms with van der Waals surface area (Å²) in [7, 11) is 0. The highest BCUT2D eigenvalue weighted by atomic mass is 79.9. The molecule has 0 radical (unpaired) electrons. The summed E-state index contributed by atoms with van der Waals surface area (Å²) in [6, 6.07) is 99.7. The molecule has 0 aliphatic rings. The number of hydrogen-bond acceptors (Lipinski definition) is 10. The zero-order valence-electron chi connectivity index (χ0n) is 57.3. The molecule has 21 aromatic rings. The molecule has 0 aliphatic carbocycles. The molecule has 0 N–H and O–H groups in total. The van der Waals surface area contributed by atoms with Crippen molar-refractivity contribution in [1.29, 1.82) is 0 Å². The van der Waals surface area contributed by atoms with Gasteiger partial charge in [-0.15, -0.1) is 34.0 Å². The lowest BCUT2D eigenvalue weighted by Crippen LogP contribution is -1.98. The standard InChI is InChI=1S/C28H16BrClN2S.C27H15BrClN3S.2C12H6BrClO.C12H6BrClS/c29-21-12-7-13-22-25(21)20-15-14-19(16-23(20)33-22)28-31-26(18-10-5-2-6-11-18)24(27(30)32-28)17-8-3-1-4-9-17;28-22-11-5-10-21-20-13-12-19(15-23(20)33-24(21)22)26-30-25(31-27(29)32-26)18-9-4-8-17(14-18)16-6-2-1-3-7-16;13-9-5-7(14)6-11-12(9)8-3-1-2-4-10(8)15-11;13-8-5-6-9(14)12-11(8)7-3-1-2-4-10(7)15-12;13-12-8(14)5-6-10-11(12)7-3-1-2-4-9(7)15-10/h1-16H;1-15H;3*1-6H. The van der Waals surface area contributed by atoms with Crippen LogP contribution < -0.4 is 0 Å². The summed E-state index contributed by atoms with van der Waals surface area (Å²) >= 11 is 54.6. The van der Waals surface area contributed by atoms with E-state index in [4.69, 9.17) is 81.8 Å². The van der Waals surface area contributed by atoms with Crippen LogP contribution in [0, 0.1) is 0 Å². The molecule has 0 fully saturated rings. The molecular weight excluding hydrogens is 1870 g/mol. The molecule has 0 unspecified atom stereocenters. The molecule has 7 aromatic heterocycles. The molecule has 7 nitrogen and oxygen atoms in total. The molecule has 7 heterocycles. The minimum absolute atomic E-state index is 0.180. The molecule has 111 heavy (non-hydrogen) atoms. The van der Waals surface area contributed by atoms with Crippen molar-refractivity contribution in [2.24, 2.45) is 0 Å². The Labute approximate surface area is 714 Å². The maximum Gasteiger partial charge on any atom is 0.226 e. The summed E-state index contributed by atoms with van der Waals surface area (Å²) in [4.78, 5) is 23.4. The van der Waals surface area contributed by atoms with E-state index in [2.05, 4.69) is 223 Å². The van der Waals surface area contributed by atoms with Crippen molar-refractivity contribution in [3.8, 4) is 67.7 Å². The van der Waals surface area contributed by atoms with Crippen LogP contribution in [0.3, 0.4) is 0 Å².